The van der Waals surface area contributed by atoms with Crippen LogP contribution in [0.4, 0.5) is 0 Å². The molecule has 1 aliphatic carbocycles. The Morgan fingerprint density at radius 3 is 2.63 bits per heavy atom. The lowest BCUT2D eigenvalue weighted by Gasteiger charge is -2.14. The second-order valence-electron chi connectivity index (χ2n) is 5.06. The molecule has 1 fully saturated rings. The van der Waals surface area contributed by atoms with Crippen molar-refractivity contribution in [3.63, 3.8) is 0 Å². The normalized spacial score (nSPS) is 15.9. The molecule has 0 heterocycles. The number of carboxylic acid groups (broad SMARTS) is 1. The lowest BCUT2D eigenvalue weighted by molar-refractivity contribution is -0.139. The Hall–Kier alpha value is -1.55. The highest BCUT2D eigenvalue weighted by atomic mass is 35.5. The van der Waals surface area contributed by atoms with Gasteiger partial charge in [-0.15, -0.1) is 0 Å². The summed E-state index contributed by atoms with van der Waals surface area (Å²) in [5, 5.41) is 12.1. The minimum Gasteiger partial charge on any atom is -0.480 e. The van der Waals surface area contributed by atoms with Gasteiger partial charge in [0.25, 0.3) is 5.91 Å². The van der Waals surface area contributed by atoms with Crippen LogP contribution in [0.5, 0.6) is 0 Å². The van der Waals surface area contributed by atoms with Crippen LogP contribution >= 0.6 is 11.6 Å². The summed E-state index contributed by atoms with van der Waals surface area (Å²) in [6.45, 7) is 1.83. The number of carbonyl (C=O) groups is 2. The minimum absolute atomic E-state index is 0.390. The van der Waals surface area contributed by atoms with Gasteiger partial charge >= 0.3 is 5.97 Å². The van der Waals surface area contributed by atoms with Crippen LogP contribution in [0.15, 0.2) is 18.2 Å². The van der Waals surface area contributed by atoms with Crippen LogP contribution in [0.3, 0.4) is 0 Å². The van der Waals surface area contributed by atoms with E-state index in [-0.39, 0.29) is 0 Å². The number of aliphatic carboxylic acids is 1. The summed E-state index contributed by atoms with van der Waals surface area (Å²) >= 11 is 5.89. The molecule has 0 saturated heterocycles. The molecule has 102 valence electrons. The first kappa shape index (κ1) is 13.9. The van der Waals surface area contributed by atoms with Gasteiger partial charge in [-0.3, -0.25) is 4.79 Å². The lowest BCUT2D eigenvalue weighted by atomic mass is 10.1. The van der Waals surface area contributed by atoms with Gasteiger partial charge in [-0.2, -0.15) is 0 Å². The molecule has 0 aliphatic heterocycles. The van der Waals surface area contributed by atoms with E-state index in [0.29, 0.717) is 22.9 Å². The fourth-order valence-corrected chi connectivity index (χ4v) is 2.31. The van der Waals surface area contributed by atoms with Crippen molar-refractivity contribution in [3.8, 4) is 0 Å². The molecule has 2 N–H and O–H groups in total. The largest absolute Gasteiger partial charge is 0.480 e. The number of hydrogen-bond donors (Lipinski definition) is 2. The molecule has 0 aromatic heterocycles. The molecule has 1 saturated carbocycles. The molecule has 0 spiro atoms. The monoisotopic (exact) mass is 281 g/mol. The van der Waals surface area contributed by atoms with E-state index in [1.165, 1.54) is 0 Å². The van der Waals surface area contributed by atoms with E-state index in [2.05, 4.69) is 5.32 Å². The third kappa shape index (κ3) is 3.96. The molecule has 2 rings (SSSR count). The molecular formula is C14H16ClNO3. The van der Waals surface area contributed by atoms with Gasteiger partial charge in [0.15, 0.2) is 0 Å². The number of benzene rings is 1. The second kappa shape index (κ2) is 5.61. The van der Waals surface area contributed by atoms with Gasteiger partial charge in [0.1, 0.15) is 6.04 Å². The first-order valence-corrected chi connectivity index (χ1v) is 6.64. The molecular weight excluding hydrogens is 266 g/mol. The quantitative estimate of drug-likeness (QED) is 0.872. The zero-order valence-electron chi connectivity index (χ0n) is 10.6. The van der Waals surface area contributed by atoms with Crippen molar-refractivity contribution in [1.82, 2.24) is 5.32 Å². The van der Waals surface area contributed by atoms with E-state index in [1.54, 1.807) is 18.2 Å². The third-order valence-corrected chi connectivity index (χ3v) is 3.39. The number of nitrogens with one attached hydrogen (secondary N) is 1. The lowest BCUT2D eigenvalue weighted by Crippen LogP contribution is -2.41. The first-order valence-electron chi connectivity index (χ1n) is 6.26. The smallest absolute Gasteiger partial charge is 0.326 e. The van der Waals surface area contributed by atoms with Crippen LogP contribution in [0.25, 0.3) is 0 Å². The SMILES string of the molecule is Cc1cc(Cl)cc(C(=O)NC(CC2CC2)C(=O)O)c1. The molecule has 1 unspecified atom stereocenters. The topological polar surface area (TPSA) is 66.4 Å². The summed E-state index contributed by atoms with van der Waals surface area (Å²) in [6, 6.07) is 4.16. The van der Waals surface area contributed by atoms with Crippen molar-refractivity contribution in [2.75, 3.05) is 0 Å². The Balaban J connectivity index is 2.07. The Morgan fingerprint density at radius 2 is 2.11 bits per heavy atom. The highest BCUT2D eigenvalue weighted by molar-refractivity contribution is 6.31. The maximum atomic E-state index is 12.0. The Morgan fingerprint density at radius 1 is 1.42 bits per heavy atom. The van der Waals surface area contributed by atoms with E-state index in [9.17, 15) is 9.59 Å². The van der Waals surface area contributed by atoms with Crippen LogP contribution in [0.2, 0.25) is 5.02 Å². The number of amides is 1. The van der Waals surface area contributed by atoms with Gasteiger partial charge in [0.2, 0.25) is 0 Å². The van der Waals surface area contributed by atoms with Crippen LogP contribution in [-0.4, -0.2) is 23.0 Å². The zero-order valence-corrected chi connectivity index (χ0v) is 11.4. The molecule has 5 heteroatoms. The number of aryl methyl sites for hydroxylation is 1. The number of halogens is 1. The molecule has 0 bridgehead atoms. The van der Waals surface area contributed by atoms with E-state index in [0.717, 1.165) is 18.4 Å². The Bertz CT molecular complexity index is 491. The van der Waals surface area contributed by atoms with E-state index in [4.69, 9.17) is 16.7 Å². The number of carbonyl (C=O) groups excluding carboxylic acids is 1. The molecule has 1 atom stereocenters. The van der Waals surface area contributed by atoms with Crippen molar-refractivity contribution in [2.45, 2.75) is 32.2 Å². The molecule has 1 amide bonds. The van der Waals surface area contributed by atoms with Crippen LogP contribution in [-0.2, 0) is 4.79 Å². The van der Waals surface area contributed by atoms with Crippen molar-refractivity contribution in [1.29, 1.82) is 0 Å². The van der Waals surface area contributed by atoms with E-state index < -0.39 is 17.9 Å². The van der Waals surface area contributed by atoms with Crippen LogP contribution < -0.4 is 5.32 Å². The molecule has 1 aromatic rings. The maximum Gasteiger partial charge on any atom is 0.326 e. The van der Waals surface area contributed by atoms with Gasteiger partial charge in [0, 0.05) is 10.6 Å². The standard InChI is InChI=1S/C14H16ClNO3/c1-8-4-10(7-11(15)5-8)13(17)16-12(14(18)19)6-9-2-3-9/h4-5,7,9,12H,2-3,6H2,1H3,(H,16,17)(H,18,19). The summed E-state index contributed by atoms with van der Waals surface area (Å²) in [4.78, 5) is 23.2. The molecule has 4 nitrogen and oxygen atoms in total. The fraction of sp³-hybridized carbons (Fsp3) is 0.429. The zero-order chi connectivity index (χ0) is 14.0. The summed E-state index contributed by atoms with van der Waals surface area (Å²) in [7, 11) is 0. The highest BCUT2D eigenvalue weighted by Crippen LogP contribution is 2.33. The second-order valence-corrected chi connectivity index (χ2v) is 5.50. The average molecular weight is 282 g/mol. The summed E-state index contributed by atoms with van der Waals surface area (Å²) in [5.74, 6) is -0.944. The predicted molar refractivity (Wildman–Crippen MR) is 72.4 cm³/mol. The minimum atomic E-state index is -0.987. The average Bonchev–Trinajstić information content (AvgIpc) is 3.10. The van der Waals surface area contributed by atoms with Gasteiger partial charge < -0.3 is 10.4 Å². The van der Waals surface area contributed by atoms with Gasteiger partial charge in [-0.1, -0.05) is 24.4 Å². The maximum absolute atomic E-state index is 12.0. The summed E-state index contributed by atoms with van der Waals surface area (Å²) in [6.07, 6.45) is 2.60. The van der Waals surface area contributed by atoms with Crippen molar-refractivity contribution >= 4 is 23.5 Å². The first-order chi connectivity index (χ1) is 8.95. The Labute approximate surface area is 116 Å². The van der Waals surface area contributed by atoms with E-state index >= 15 is 0 Å². The van der Waals surface area contributed by atoms with Crippen LogP contribution in [0.1, 0.15) is 35.2 Å². The molecule has 1 aliphatic rings. The number of rotatable bonds is 5. The van der Waals surface area contributed by atoms with Crippen molar-refractivity contribution in [2.24, 2.45) is 5.92 Å². The van der Waals surface area contributed by atoms with Gasteiger partial charge in [0.05, 0.1) is 0 Å². The summed E-state index contributed by atoms with van der Waals surface area (Å²) < 4.78 is 0. The fourth-order valence-electron chi connectivity index (χ4n) is 2.02. The Kier molecular flexibility index (Phi) is 4.10. The highest BCUT2D eigenvalue weighted by Gasteiger charge is 2.30. The van der Waals surface area contributed by atoms with E-state index in [1.807, 2.05) is 6.92 Å². The molecule has 1 aromatic carbocycles. The van der Waals surface area contributed by atoms with Crippen molar-refractivity contribution in [3.05, 3.63) is 34.3 Å². The summed E-state index contributed by atoms with van der Waals surface area (Å²) in [5.41, 5.74) is 1.26. The molecule has 19 heavy (non-hydrogen) atoms. The number of carboxylic acids is 1. The van der Waals surface area contributed by atoms with Gasteiger partial charge in [-0.05, 0) is 43.0 Å². The van der Waals surface area contributed by atoms with Crippen LogP contribution in [0, 0.1) is 12.8 Å². The predicted octanol–water partition coefficient (Wildman–Crippen LogP) is 2.63. The van der Waals surface area contributed by atoms with Crippen molar-refractivity contribution < 1.29 is 14.7 Å². The number of hydrogen-bond acceptors (Lipinski definition) is 2. The third-order valence-electron chi connectivity index (χ3n) is 3.17. The molecule has 0 radical (unpaired) electrons. The van der Waals surface area contributed by atoms with Gasteiger partial charge in [-0.25, -0.2) is 4.79 Å².